The largest absolute Gasteiger partial charge is 0.469 e. The van der Waals surface area contributed by atoms with Gasteiger partial charge in [-0.15, -0.1) is 0 Å². The van der Waals surface area contributed by atoms with Gasteiger partial charge in [-0.2, -0.15) is 0 Å². The molecule has 0 bridgehead atoms. The average Bonchev–Trinajstić information content (AvgIpc) is 3.77. The van der Waals surface area contributed by atoms with Crippen LogP contribution in [0, 0.1) is 23.7 Å². The van der Waals surface area contributed by atoms with Crippen molar-refractivity contribution >= 4 is 47.4 Å². The molecule has 44 heavy (non-hydrogen) atoms. The normalized spacial score (nSPS) is 25.2. The van der Waals surface area contributed by atoms with Crippen molar-refractivity contribution in [1.82, 2.24) is 30.2 Å². The topological polar surface area (TPSA) is 192 Å². The summed E-state index contributed by atoms with van der Waals surface area (Å²) >= 11 is 0. The lowest BCUT2D eigenvalue weighted by Crippen LogP contribution is -2.41. The van der Waals surface area contributed by atoms with Crippen molar-refractivity contribution < 1.29 is 47.8 Å². The van der Waals surface area contributed by atoms with Gasteiger partial charge in [0.25, 0.3) is 0 Å². The quantitative estimate of drug-likeness (QED) is 0.200. The number of carbonyl (C=O) groups excluding carboxylic acids is 8. The van der Waals surface area contributed by atoms with Crippen molar-refractivity contribution in [3.05, 3.63) is 0 Å². The third-order valence-corrected chi connectivity index (χ3v) is 8.67. The van der Waals surface area contributed by atoms with Crippen LogP contribution in [0.3, 0.4) is 0 Å². The zero-order valence-corrected chi connectivity index (χ0v) is 25.1. The van der Waals surface area contributed by atoms with E-state index in [1.807, 2.05) is 0 Å². The second-order valence-corrected chi connectivity index (χ2v) is 11.6. The van der Waals surface area contributed by atoms with E-state index in [2.05, 4.69) is 10.6 Å². The molecule has 0 aromatic carbocycles. The number of hydrogen-bond acceptors (Lipinski definition) is 10. The van der Waals surface area contributed by atoms with Crippen LogP contribution in [0.25, 0.3) is 0 Å². The Morgan fingerprint density at radius 1 is 0.545 bits per heavy atom. The predicted octanol–water partition coefficient (Wildman–Crippen LogP) is -3.04. The van der Waals surface area contributed by atoms with E-state index in [0.717, 1.165) is 0 Å². The summed E-state index contributed by atoms with van der Waals surface area (Å²) < 4.78 is 9.39. The van der Waals surface area contributed by atoms with Crippen LogP contribution < -0.4 is 10.6 Å². The average molecular weight is 621 g/mol. The van der Waals surface area contributed by atoms with Gasteiger partial charge in [-0.05, 0) is 0 Å². The highest BCUT2D eigenvalue weighted by Crippen LogP contribution is 2.22. The van der Waals surface area contributed by atoms with Crippen LogP contribution in [-0.4, -0.2) is 147 Å². The van der Waals surface area contributed by atoms with Crippen molar-refractivity contribution in [1.29, 1.82) is 0 Å². The molecule has 4 atom stereocenters. The third kappa shape index (κ3) is 7.82. The lowest BCUT2D eigenvalue weighted by molar-refractivity contribution is -0.145. The van der Waals surface area contributed by atoms with E-state index in [1.54, 1.807) is 0 Å². The highest BCUT2D eigenvalue weighted by atomic mass is 16.5. The molecule has 4 aliphatic heterocycles. The van der Waals surface area contributed by atoms with E-state index in [9.17, 15) is 38.4 Å². The summed E-state index contributed by atoms with van der Waals surface area (Å²) in [4.78, 5) is 104. The summed E-state index contributed by atoms with van der Waals surface area (Å²) in [5.41, 5.74) is 0. The Labute approximate surface area is 254 Å². The van der Waals surface area contributed by atoms with Crippen LogP contribution in [-0.2, 0) is 47.8 Å². The van der Waals surface area contributed by atoms with Crippen molar-refractivity contribution in [3.63, 3.8) is 0 Å². The van der Waals surface area contributed by atoms with E-state index < -0.39 is 35.6 Å². The Morgan fingerprint density at radius 2 is 0.841 bits per heavy atom. The first-order chi connectivity index (χ1) is 21.0. The minimum absolute atomic E-state index is 0.0395. The summed E-state index contributed by atoms with van der Waals surface area (Å²) in [7, 11) is 2.55. The molecule has 4 fully saturated rings. The zero-order chi connectivity index (χ0) is 32.0. The number of nitrogens with one attached hydrogen (secondary N) is 2. The summed E-state index contributed by atoms with van der Waals surface area (Å²) in [5, 5.41) is 5.52. The summed E-state index contributed by atoms with van der Waals surface area (Å²) in [6.45, 7) is 2.25. The molecule has 4 unspecified atom stereocenters. The van der Waals surface area contributed by atoms with Crippen LogP contribution in [0.1, 0.15) is 25.7 Å². The van der Waals surface area contributed by atoms with Gasteiger partial charge in [0.15, 0.2) is 0 Å². The minimum atomic E-state index is -0.558. The summed E-state index contributed by atoms with van der Waals surface area (Å²) in [6, 6.07) is 0. The van der Waals surface area contributed by atoms with Crippen LogP contribution in [0.15, 0.2) is 0 Å². The second kappa shape index (κ2) is 14.5. The highest BCUT2D eigenvalue weighted by Gasteiger charge is 2.39. The number of carbonyl (C=O) groups is 8. The number of rotatable bonds is 13. The molecule has 16 heteroatoms. The van der Waals surface area contributed by atoms with Gasteiger partial charge >= 0.3 is 11.9 Å². The molecule has 4 heterocycles. The molecule has 0 radical (unpaired) electrons. The van der Waals surface area contributed by atoms with Crippen molar-refractivity contribution in [2.75, 3.05) is 79.7 Å². The van der Waals surface area contributed by atoms with E-state index in [4.69, 9.17) is 9.47 Å². The molecule has 242 valence electrons. The molecule has 0 aromatic heterocycles. The maximum Gasteiger partial charge on any atom is 0.310 e. The van der Waals surface area contributed by atoms with Gasteiger partial charge in [-0.25, -0.2) is 0 Å². The number of esters is 2. The molecular weight excluding hydrogens is 580 g/mol. The van der Waals surface area contributed by atoms with Gasteiger partial charge in [-0.1, -0.05) is 0 Å². The lowest BCUT2D eigenvalue weighted by Gasteiger charge is -2.22. The minimum Gasteiger partial charge on any atom is -0.469 e. The Balaban J connectivity index is 1.13. The number of amides is 6. The first-order valence-electron chi connectivity index (χ1n) is 14.8. The molecule has 4 aliphatic rings. The van der Waals surface area contributed by atoms with Crippen LogP contribution in [0.2, 0.25) is 0 Å². The maximum atomic E-state index is 12.7. The smallest absolute Gasteiger partial charge is 0.310 e. The molecule has 6 amide bonds. The maximum absolute atomic E-state index is 12.7. The van der Waals surface area contributed by atoms with Crippen LogP contribution >= 0.6 is 0 Å². The Morgan fingerprint density at radius 3 is 1.18 bits per heavy atom. The fraction of sp³-hybridized carbons (Fsp3) is 0.714. The SMILES string of the molecule is COC(=O)C1CC(=O)N(CCNC(=O)C2CC(=O)N(CCN3CC(C(=O)NCCN4CC(C(=O)OC)CC4=O)CC3=O)C2)C1. The number of hydrogen-bond donors (Lipinski definition) is 2. The molecule has 0 spiro atoms. The van der Waals surface area contributed by atoms with E-state index >= 15 is 0 Å². The van der Waals surface area contributed by atoms with Crippen LogP contribution in [0.5, 0.6) is 0 Å². The van der Waals surface area contributed by atoms with Crippen molar-refractivity contribution in [2.24, 2.45) is 23.7 Å². The lowest BCUT2D eigenvalue weighted by atomic mass is 10.1. The van der Waals surface area contributed by atoms with Gasteiger partial charge in [-0.3, -0.25) is 38.4 Å². The Kier molecular flexibility index (Phi) is 10.8. The van der Waals surface area contributed by atoms with E-state index in [-0.39, 0.29) is 127 Å². The second-order valence-electron chi connectivity index (χ2n) is 11.6. The van der Waals surface area contributed by atoms with Crippen molar-refractivity contribution in [2.45, 2.75) is 25.7 Å². The third-order valence-electron chi connectivity index (χ3n) is 8.67. The monoisotopic (exact) mass is 620 g/mol. The van der Waals surface area contributed by atoms with Crippen LogP contribution in [0.4, 0.5) is 0 Å². The Hall–Kier alpha value is -4.24. The first kappa shape index (κ1) is 32.7. The van der Waals surface area contributed by atoms with Gasteiger partial charge in [0.05, 0.1) is 37.9 Å². The molecule has 4 rings (SSSR count). The predicted molar refractivity (Wildman–Crippen MR) is 149 cm³/mol. The van der Waals surface area contributed by atoms with Gasteiger partial charge < -0.3 is 39.7 Å². The summed E-state index contributed by atoms with van der Waals surface area (Å²) in [5.74, 6) is -4.37. The zero-order valence-electron chi connectivity index (χ0n) is 25.1. The van der Waals surface area contributed by atoms with Gasteiger partial charge in [0.2, 0.25) is 35.4 Å². The molecule has 0 aliphatic carbocycles. The fourth-order valence-corrected chi connectivity index (χ4v) is 6.11. The molecule has 0 saturated carbocycles. The number of methoxy groups -OCH3 is 2. The molecule has 4 saturated heterocycles. The molecular formula is C28H40N6O10. The van der Waals surface area contributed by atoms with Gasteiger partial charge in [0, 0.05) is 91.1 Å². The first-order valence-corrected chi connectivity index (χ1v) is 14.8. The molecule has 16 nitrogen and oxygen atoms in total. The van der Waals surface area contributed by atoms with Crippen molar-refractivity contribution in [3.8, 4) is 0 Å². The number of nitrogens with zero attached hydrogens (tertiary/aromatic N) is 4. The fourth-order valence-electron chi connectivity index (χ4n) is 6.11. The Bertz CT molecular complexity index is 1100. The number of likely N-dealkylation sites (tertiary alicyclic amines) is 4. The highest BCUT2D eigenvalue weighted by molar-refractivity contribution is 5.91. The molecule has 2 N–H and O–H groups in total. The van der Waals surface area contributed by atoms with E-state index in [0.29, 0.717) is 0 Å². The number of ether oxygens (including phenoxy) is 2. The van der Waals surface area contributed by atoms with Gasteiger partial charge in [0.1, 0.15) is 0 Å². The summed E-state index contributed by atoms with van der Waals surface area (Å²) in [6.07, 6.45) is 0.243. The van der Waals surface area contributed by atoms with E-state index in [1.165, 1.54) is 33.8 Å². The molecule has 0 aromatic rings. The standard InChI is InChI=1S/C28H40N6O10/c1-43-27(41)19-11-23(37)31(15-19)5-3-29-25(39)17-9-21(35)33(13-17)7-8-34-14-18(10-22(34)36)26(40)30-4-6-32-16-20(12-24(32)38)28(42)44-2/h17-20H,3-16H2,1-2H3,(H,29,39)(H,30,40).